The van der Waals surface area contributed by atoms with E-state index in [1.54, 1.807) is 11.8 Å². The number of benzene rings is 1. The number of carbonyl (C=O) groups is 2. The number of hydrogen-bond acceptors (Lipinski definition) is 2. The minimum atomic E-state index is -0.428. The zero-order valence-electron chi connectivity index (χ0n) is 10.0. The number of rotatable bonds is 2. The Kier molecular flexibility index (Phi) is 3.13. The average Bonchev–Trinajstić information content (AvgIpc) is 2.34. The molecule has 1 saturated heterocycles. The van der Waals surface area contributed by atoms with Crippen LogP contribution in [0.5, 0.6) is 0 Å². The smallest absolute Gasteiger partial charge is 0.245 e. The first-order valence-corrected chi connectivity index (χ1v) is 5.74. The van der Waals surface area contributed by atoms with Gasteiger partial charge >= 0.3 is 0 Å². The van der Waals surface area contributed by atoms with Crippen molar-refractivity contribution in [1.29, 1.82) is 0 Å². The maximum absolute atomic E-state index is 12.0. The second kappa shape index (κ2) is 4.57. The summed E-state index contributed by atoms with van der Waals surface area (Å²) in [5, 5.41) is 2.64. The molecule has 4 nitrogen and oxygen atoms in total. The largest absolute Gasteiger partial charge is 0.343 e. The standard InChI is InChI=1S/C13H16N2O2/c1-9-13(17)15(8-12(16)14-9)10(2)11-6-4-3-5-7-11/h3-7,9-10H,8H2,1-2H3,(H,14,16). The Labute approximate surface area is 101 Å². The number of nitrogens with zero attached hydrogens (tertiary/aromatic N) is 1. The quantitative estimate of drug-likeness (QED) is 0.830. The normalized spacial score (nSPS) is 22.2. The monoisotopic (exact) mass is 232 g/mol. The summed E-state index contributed by atoms with van der Waals surface area (Å²) in [6.07, 6.45) is 0. The molecule has 90 valence electrons. The molecule has 4 heteroatoms. The van der Waals surface area contributed by atoms with Gasteiger partial charge in [0, 0.05) is 0 Å². The Morgan fingerprint density at radius 3 is 2.59 bits per heavy atom. The van der Waals surface area contributed by atoms with Gasteiger partial charge in [0.15, 0.2) is 0 Å². The van der Waals surface area contributed by atoms with E-state index in [9.17, 15) is 9.59 Å². The van der Waals surface area contributed by atoms with E-state index in [0.717, 1.165) is 5.56 Å². The Morgan fingerprint density at radius 2 is 1.94 bits per heavy atom. The van der Waals surface area contributed by atoms with E-state index in [1.807, 2.05) is 37.3 Å². The van der Waals surface area contributed by atoms with Crippen LogP contribution in [0, 0.1) is 0 Å². The van der Waals surface area contributed by atoms with Gasteiger partial charge < -0.3 is 10.2 Å². The molecule has 2 unspecified atom stereocenters. The molecular weight excluding hydrogens is 216 g/mol. The third-order valence-electron chi connectivity index (χ3n) is 3.09. The molecule has 17 heavy (non-hydrogen) atoms. The number of nitrogens with one attached hydrogen (secondary N) is 1. The molecule has 1 N–H and O–H groups in total. The maximum Gasteiger partial charge on any atom is 0.245 e. The van der Waals surface area contributed by atoms with Gasteiger partial charge in [-0.3, -0.25) is 9.59 Å². The van der Waals surface area contributed by atoms with E-state index in [4.69, 9.17) is 0 Å². The molecule has 0 aromatic heterocycles. The maximum atomic E-state index is 12.0. The van der Waals surface area contributed by atoms with Gasteiger partial charge in [-0.15, -0.1) is 0 Å². The van der Waals surface area contributed by atoms with Crippen LogP contribution < -0.4 is 5.32 Å². The first-order chi connectivity index (χ1) is 8.09. The molecule has 0 bridgehead atoms. The zero-order valence-corrected chi connectivity index (χ0v) is 10.0. The Hall–Kier alpha value is -1.84. The van der Waals surface area contributed by atoms with Gasteiger partial charge in [0.2, 0.25) is 11.8 Å². The van der Waals surface area contributed by atoms with Gasteiger partial charge in [-0.25, -0.2) is 0 Å². The first-order valence-electron chi connectivity index (χ1n) is 5.74. The fraction of sp³-hybridized carbons (Fsp3) is 0.385. The SMILES string of the molecule is CC1NC(=O)CN(C(C)c2ccccc2)C1=O. The van der Waals surface area contributed by atoms with Crippen molar-refractivity contribution in [3.8, 4) is 0 Å². The second-order valence-corrected chi connectivity index (χ2v) is 4.34. The van der Waals surface area contributed by atoms with Gasteiger partial charge in [0.1, 0.15) is 12.6 Å². The summed E-state index contributed by atoms with van der Waals surface area (Å²) in [5.41, 5.74) is 1.04. The summed E-state index contributed by atoms with van der Waals surface area (Å²) in [5.74, 6) is -0.124. The van der Waals surface area contributed by atoms with Gasteiger partial charge in [-0.1, -0.05) is 30.3 Å². The van der Waals surface area contributed by atoms with E-state index in [2.05, 4.69) is 5.32 Å². The zero-order chi connectivity index (χ0) is 12.4. The summed E-state index contributed by atoms with van der Waals surface area (Å²) in [4.78, 5) is 25.1. The second-order valence-electron chi connectivity index (χ2n) is 4.34. The van der Waals surface area contributed by atoms with Crippen LogP contribution in [0.15, 0.2) is 30.3 Å². The van der Waals surface area contributed by atoms with Gasteiger partial charge in [0.25, 0.3) is 0 Å². The highest BCUT2D eigenvalue weighted by molar-refractivity contribution is 5.94. The highest BCUT2D eigenvalue weighted by Gasteiger charge is 2.32. The van der Waals surface area contributed by atoms with E-state index in [1.165, 1.54) is 0 Å². The van der Waals surface area contributed by atoms with E-state index in [0.29, 0.717) is 0 Å². The summed E-state index contributed by atoms with van der Waals surface area (Å²) >= 11 is 0. The van der Waals surface area contributed by atoms with Gasteiger partial charge in [-0.2, -0.15) is 0 Å². The minimum absolute atomic E-state index is 0.0269. The third-order valence-corrected chi connectivity index (χ3v) is 3.09. The van der Waals surface area contributed by atoms with Crippen LogP contribution in [0.1, 0.15) is 25.5 Å². The molecule has 0 saturated carbocycles. The van der Waals surface area contributed by atoms with Crippen LogP contribution in [0.2, 0.25) is 0 Å². The fourth-order valence-corrected chi connectivity index (χ4v) is 2.07. The summed E-state index contributed by atoms with van der Waals surface area (Å²) in [6.45, 7) is 3.79. The van der Waals surface area contributed by atoms with E-state index in [-0.39, 0.29) is 24.4 Å². The van der Waals surface area contributed by atoms with Crippen molar-refractivity contribution in [2.75, 3.05) is 6.54 Å². The molecule has 1 aliphatic heterocycles. The lowest BCUT2D eigenvalue weighted by Gasteiger charge is -2.35. The number of piperazine rings is 1. The van der Waals surface area contributed by atoms with Crippen LogP contribution in [0.25, 0.3) is 0 Å². The third kappa shape index (κ3) is 2.30. The molecule has 1 heterocycles. The van der Waals surface area contributed by atoms with Crippen molar-refractivity contribution in [2.45, 2.75) is 25.9 Å². The predicted octanol–water partition coefficient (Wildman–Crippen LogP) is 1.09. The number of carbonyl (C=O) groups excluding carboxylic acids is 2. The van der Waals surface area contributed by atoms with Crippen molar-refractivity contribution in [2.24, 2.45) is 0 Å². The fourth-order valence-electron chi connectivity index (χ4n) is 2.07. The lowest BCUT2D eigenvalue weighted by molar-refractivity contribution is -0.145. The Balaban J connectivity index is 2.21. The van der Waals surface area contributed by atoms with Crippen LogP contribution >= 0.6 is 0 Å². The molecular formula is C13H16N2O2. The van der Waals surface area contributed by atoms with E-state index >= 15 is 0 Å². The first kappa shape index (κ1) is 11.6. The number of hydrogen-bond donors (Lipinski definition) is 1. The molecule has 2 amide bonds. The minimum Gasteiger partial charge on any atom is -0.343 e. The van der Waals surface area contributed by atoms with Crippen molar-refractivity contribution < 1.29 is 9.59 Å². The van der Waals surface area contributed by atoms with E-state index < -0.39 is 6.04 Å². The molecule has 1 aromatic rings. The Bertz CT molecular complexity index is 430. The van der Waals surface area contributed by atoms with Gasteiger partial charge in [0.05, 0.1) is 6.04 Å². The average molecular weight is 232 g/mol. The molecule has 1 aromatic carbocycles. The van der Waals surface area contributed by atoms with Crippen LogP contribution in [0.4, 0.5) is 0 Å². The molecule has 0 radical (unpaired) electrons. The van der Waals surface area contributed by atoms with Crippen LogP contribution in [-0.2, 0) is 9.59 Å². The molecule has 1 fully saturated rings. The van der Waals surface area contributed by atoms with Crippen molar-refractivity contribution in [3.05, 3.63) is 35.9 Å². The van der Waals surface area contributed by atoms with Gasteiger partial charge in [-0.05, 0) is 19.4 Å². The number of amides is 2. The Morgan fingerprint density at radius 1 is 1.29 bits per heavy atom. The van der Waals surface area contributed by atoms with Crippen molar-refractivity contribution >= 4 is 11.8 Å². The molecule has 2 rings (SSSR count). The summed E-state index contributed by atoms with van der Waals surface area (Å²) in [6, 6.07) is 9.24. The predicted molar refractivity (Wildman–Crippen MR) is 64.2 cm³/mol. The van der Waals surface area contributed by atoms with Crippen molar-refractivity contribution in [1.82, 2.24) is 10.2 Å². The molecule has 2 atom stereocenters. The van der Waals surface area contributed by atoms with Crippen LogP contribution in [0.3, 0.4) is 0 Å². The molecule has 1 aliphatic rings. The molecule has 0 aliphatic carbocycles. The highest BCUT2D eigenvalue weighted by Crippen LogP contribution is 2.21. The topological polar surface area (TPSA) is 49.4 Å². The lowest BCUT2D eigenvalue weighted by atomic mass is 10.0. The van der Waals surface area contributed by atoms with Crippen molar-refractivity contribution in [3.63, 3.8) is 0 Å². The summed E-state index contributed by atoms with van der Waals surface area (Å²) in [7, 11) is 0. The lowest BCUT2D eigenvalue weighted by Crippen LogP contribution is -2.57. The molecule has 0 spiro atoms. The highest BCUT2D eigenvalue weighted by atomic mass is 16.2. The van der Waals surface area contributed by atoms with Crippen LogP contribution in [-0.4, -0.2) is 29.3 Å². The summed E-state index contributed by atoms with van der Waals surface area (Å²) < 4.78 is 0.